The van der Waals surface area contributed by atoms with E-state index in [1.807, 2.05) is 6.07 Å². The summed E-state index contributed by atoms with van der Waals surface area (Å²) in [5.74, 6) is -0.507. The molecule has 0 aliphatic heterocycles. The summed E-state index contributed by atoms with van der Waals surface area (Å²) >= 11 is 0. The summed E-state index contributed by atoms with van der Waals surface area (Å²) in [5, 5.41) is 8.96. The molecular weight excluding hydrogens is 230 g/mol. The first-order valence-corrected chi connectivity index (χ1v) is 6.35. The van der Waals surface area contributed by atoms with Gasteiger partial charge in [0.05, 0.1) is 0 Å². The zero-order chi connectivity index (χ0) is 13.0. The predicted octanol–water partition coefficient (Wildman–Crippen LogP) is 0.922. The molecule has 5 heteroatoms. The van der Waals surface area contributed by atoms with E-state index in [-0.39, 0.29) is 6.61 Å². The third-order valence-corrected chi connectivity index (χ3v) is 3.40. The number of nitrogens with zero attached hydrogens (tertiary/aromatic N) is 2. The van der Waals surface area contributed by atoms with Gasteiger partial charge in [-0.3, -0.25) is 9.78 Å². The maximum Gasteiger partial charge on any atom is 0.267 e. The van der Waals surface area contributed by atoms with Crippen LogP contribution in [0.4, 0.5) is 5.69 Å². The number of amides is 1. The van der Waals surface area contributed by atoms with Gasteiger partial charge in [0.2, 0.25) is 0 Å². The molecule has 0 spiro atoms. The van der Waals surface area contributed by atoms with Gasteiger partial charge < -0.3 is 15.7 Å². The first-order chi connectivity index (χ1) is 8.72. The Hall–Kier alpha value is -1.62. The molecule has 0 aromatic carbocycles. The topological polar surface area (TPSA) is 79.5 Å². The maximum absolute atomic E-state index is 11.1. The number of nitrogens with two attached hydrogens (primary N) is 1. The highest BCUT2D eigenvalue weighted by Crippen LogP contribution is 2.29. The first kappa shape index (κ1) is 12.8. The average Bonchev–Trinajstić information content (AvgIpc) is 2.32. The molecule has 1 saturated carbocycles. The van der Waals surface area contributed by atoms with Gasteiger partial charge in [-0.1, -0.05) is 0 Å². The summed E-state index contributed by atoms with van der Waals surface area (Å²) in [5.41, 5.74) is 6.51. The minimum absolute atomic E-state index is 0.178. The SMILES string of the molecule is NC(=O)c1cc(N(CCCO)C2CCC2)ccn1. The number of hydrogen-bond donors (Lipinski definition) is 2. The number of rotatable bonds is 6. The second kappa shape index (κ2) is 5.82. The highest BCUT2D eigenvalue weighted by atomic mass is 16.3. The van der Waals surface area contributed by atoms with Crippen molar-refractivity contribution in [3.63, 3.8) is 0 Å². The predicted molar refractivity (Wildman–Crippen MR) is 69.4 cm³/mol. The van der Waals surface area contributed by atoms with E-state index >= 15 is 0 Å². The molecule has 0 bridgehead atoms. The molecule has 5 nitrogen and oxygen atoms in total. The molecule has 0 saturated heterocycles. The van der Waals surface area contributed by atoms with E-state index in [2.05, 4.69) is 9.88 Å². The van der Waals surface area contributed by atoms with Crippen LogP contribution in [-0.2, 0) is 0 Å². The quantitative estimate of drug-likeness (QED) is 0.785. The number of hydrogen-bond acceptors (Lipinski definition) is 4. The van der Waals surface area contributed by atoms with Crippen molar-refractivity contribution in [2.24, 2.45) is 5.73 Å². The number of carbonyl (C=O) groups is 1. The number of aliphatic hydroxyl groups is 1. The van der Waals surface area contributed by atoms with Gasteiger partial charge >= 0.3 is 0 Å². The van der Waals surface area contributed by atoms with Crippen LogP contribution in [0.3, 0.4) is 0 Å². The Bertz CT molecular complexity index is 418. The molecule has 1 aliphatic rings. The van der Waals surface area contributed by atoms with Gasteiger partial charge in [-0.05, 0) is 37.8 Å². The molecule has 3 N–H and O–H groups in total. The average molecular weight is 249 g/mol. The lowest BCUT2D eigenvalue weighted by atomic mass is 9.91. The van der Waals surface area contributed by atoms with Gasteiger partial charge in [0, 0.05) is 31.1 Å². The number of aromatic nitrogens is 1. The number of pyridine rings is 1. The number of primary amides is 1. The summed E-state index contributed by atoms with van der Waals surface area (Å²) in [6.07, 6.45) is 5.91. The third kappa shape index (κ3) is 2.79. The fraction of sp³-hybridized carbons (Fsp3) is 0.538. The first-order valence-electron chi connectivity index (χ1n) is 6.35. The van der Waals surface area contributed by atoms with E-state index in [1.165, 1.54) is 19.3 Å². The van der Waals surface area contributed by atoms with Crippen LogP contribution >= 0.6 is 0 Å². The monoisotopic (exact) mass is 249 g/mol. The highest BCUT2D eigenvalue weighted by molar-refractivity contribution is 5.91. The zero-order valence-electron chi connectivity index (χ0n) is 10.4. The lowest BCUT2D eigenvalue weighted by molar-refractivity contribution is 0.0995. The van der Waals surface area contributed by atoms with E-state index in [0.717, 1.165) is 18.7 Å². The van der Waals surface area contributed by atoms with Crippen LogP contribution in [0.1, 0.15) is 36.2 Å². The van der Waals surface area contributed by atoms with Crippen LogP contribution < -0.4 is 10.6 Å². The second-order valence-corrected chi connectivity index (χ2v) is 4.62. The van der Waals surface area contributed by atoms with Crippen molar-refractivity contribution in [1.29, 1.82) is 0 Å². The van der Waals surface area contributed by atoms with Crippen molar-refractivity contribution in [2.45, 2.75) is 31.7 Å². The molecule has 18 heavy (non-hydrogen) atoms. The van der Waals surface area contributed by atoms with Crippen molar-refractivity contribution < 1.29 is 9.90 Å². The van der Waals surface area contributed by atoms with Gasteiger partial charge in [-0.15, -0.1) is 0 Å². The van der Waals surface area contributed by atoms with E-state index in [0.29, 0.717) is 11.7 Å². The Morgan fingerprint density at radius 2 is 2.33 bits per heavy atom. The third-order valence-electron chi connectivity index (χ3n) is 3.40. The second-order valence-electron chi connectivity index (χ2n) is 4.62. The Balaban J connectivity index is 2.17. The Kier molecular flexibility index (Phi) is 4.15. The van der Waals surface area contributed by atoms with Gasteiger partial charge in [0.25, 0.3) is 5.91 Å². The van der Waals surface area contributed by atoms with Crippen molar-refractivity contribution in [3.8, 4) is 0 Å². The molecule has 1 aliphatic carbocycles. The molecule has 1 amide bonds. The normalized spacial score (nSPS) is 15.2. The minimum Gasteiger partial charge on any atom is -0.396 e. The Morgan fingerprint density at radius 1 is 1.56 bits per heavy atom. The van der Waals surface area contributed by atoms with Crippen LogP contribution in [0.25, 0.3) is 0 Å². The lowest BCUT2D eigenvalue weighted by Gasteiger charge is -2.39. The van der Waals surface area contributed by atoms with E-state index in [9.17, 15) is 4.79 Å². The molecular formula is C13H19N3O2. The standard InChI is InChI=1S/C13H19N3O2/c14-13(18)12-9-11(5-6-15-12)16(7-2-8-17)10-3-1-4-10/h5-6,9-10,17H,1-4,7-8H2,(H2,14,18). The maximum atomic E-state index is 11.1. The van der Waals surface area contributed by atoms with Gasteiger partial charge in [0.15, 0.2) is 0 Å². The molecule has 1 heterocycles. The smallest absolute Gasteiger partial charge is 0.267 e. The van der Waals surface area contributed by atoms with Crippen LogP contribution in [0.5, 0.6) is 0 Å². The Morgan fingerprint density at radius 3 is 2.89 bits per heavy atom. The summed E-state index contributed by atoms with van der Waals surface area (Å²) in [7, 11) is 0. The van der Waals surface area contributed by atoms with Gasteiger partial charge in [-0.25, -0.2) is 0 Å². The fourth-order valence-corrected chi connectivity index (χ4v) is 2.19. The van der Waals surface area contributed by atoms with E-state index < -0.39 is 5.91 Å². The van der Waals surface area contributed by atoms with Crippen molar-refractivity contribution in [1.82, 2.24) is 4.98 Å². The molecule has 0 atom stereocenters. The zero-order valence-corrected chi connectivity index (χ0v) is 10.4. The molecule has 0 radical (unpaired) electrons. The fourth-order valence-electron chi connectivity index (χ4n) is 2.19. The summed E-state index contributed by atoms with van der Waals surface area (Å²) in [6.45, 7) is 0.973. The van der Waals surface area contributed by atoms with Crippen molar-refractivity contribution in [3.05, 3.63) is 24.0 Å². The van der Waals surface area contributed by atoms with E-state index in [4.69, 9.17) is 10.8 Å². The number of carbonyl (C=O) groups excluding carboxylic acids is 1. The summed E-state index contributed by atoms with van der Waals surface area (Å²) < 4.78 is 0. The molecule has 1 fully saturated rings. The Labute approximate surface area is 107 Å². The van der Waals surface area contributed by atoms with E-state index in [1.54, 1.807) is 12.3 Å². The lowest BCUT2D eigenvalue weighted by Crippen LogP contribution is -2.41. The number of aliphatic hydroxyl groups excluding tert-OH is 1. The molecule has 2 rings (SSSR count). The minimum atomic E-state index is -0.507. The molecule has 0 unspecified atom stereocenters. The molecule has 1 aromatic rings. The van der Waals surface area contributed by atoms with Gasteiger partial charge in [0.1, 0.15) is 5.69 Å². The summed E-state index contributed by atoms with van der Waals surface area (Å²) in [6, 6.07) is 4.14. The largest absolute Gasteiger partial charge is 0.396 e. The highest BCUT2D eigenvalue weighted by Gasteiger charge is 2.25. The van der Waals surface area contributed by atoms with Crippen LogP contribution in [0, 0.1) is 0 Å². The molecule has 98 valence electrons. The van der Waals surface area contributed by atoms with Crippen molar-refractivity contribution >= 4 is 11.6 Å². The summed E-state index contributed by atoms with van der Waals surface area (Å²) in [4.78, 5) is 17.3. The van der Waals surface area contributed by atoms with Crippen LogP contribution in [-0.4, -0.2) is 35.2 Å². The van der Waals surface area contributed by atoms with Crippen LogP contribution in [0.2, 0.25) is 0 Å². The number of anilines is 1. The molecule has 1 aromatic heterocycles. The van der Waals surface area contributed by atoms with Crippen LogP contribution in [0.15, 0.2) is 18.3 Å². The van der Waals surface area contributed by atoms with Crippen molar-refractivity contribution in [2.75, 3.05) is 18.1 Å². The van der Waals surface area contributed by atoms with Gasteiger partial charge in [-0.2, -0.15) is 0 Å².